The van der Waals surface area contributed by atoms with Crippen molar-refractivity contribution < 1.29 is 28.2 Å². The van der Waals surface area contributed by atoms with Gasteiger partial charge in [0.2, 0.25) is 17.3 Å². The lowest BCUT2D eigenvalue weighted by molar-refractivity contribution is -0.142. The second-order valence-electron chi connectivity index (χ2n) is 6.66. The third-order valence-corrected chi connectivity index (χ3v) is 4.89. The highest BCUT2D eigenvalue weighted by Crippen LogP contribution is 2.31. The zero-order chi connectivity index (χ0) is 20.4. The van der Waals surface area contributed by atoms with Crippen molar-refractivity contribution in [1.82, 2.24) is 9.80 Å². The minimum absolute atomic E-state index is 0.0354. The molecule has 3 heterocycles. The van der Waals surface area contributed by atoms with Crippen LogP contribution in [0.1, 0.15) is 10.6 Å². The van der Waals surface area contributed by atoms with E-state index in [0.29, 0.717) is 37.7 Å². The van der Waals surface area contributed by atoms with E-state index < -0.39 is 17.4 Å². The summed E-state index contributed by atoms with van der Waals surface area (Å²) in [6.07, 6.45) is 0.403. The molecule has 4 rings (SSSR count). The van der Waals surface area contributed by atoms with E-state index in [0.717, 1.165) is 12.3 Å². The monoisotopic (exact) mass is 400 g/mol. The molecule has 152 valence electrons. The fraction of sp³-hybridized carbons (Fsp3) is 0.350. The van der Waals surface area contributed by atoms with Crippen molar-refractivity contribution in [1.29, 1.82) is 0 Å². The van der Waals surface area contributed by atoms with Crippen LogP contribution < -0.4 is 19.6 Å². The molecule has 9 heteroatoms. The molecule has 0 radical (unpaired) electrons. The second-order valence-corrected chi connectivity index (χ2v) is 6.66. The van der Waals surface area contributed by atoms with Crippen LogP contribution in [0.15, 0.2) is 45.8 Å². The van der Waals surface area contributed by atoms with Gasteiger partial charge in [-0.05, 0) is 12.1 Å². The average Bonchev–Trinajstić information content (AvgIpc) is 2.77. The van der Waals surface area contributed by atoms with Crippen molar-refractivity contribution in [3.8, 4) is 17.2 Å². The molecule has 2 aliphatic rings. The van der Waals surface area contributed by atoms with Gasteiger partial charge in [-0.2, -0.15) is 0 Å². The van der Waals surface area contributed by atoms with Crippen LogP contribution in [0.2, 0.25) is 0 Å². The third kappa shape index (κ3) is 3.75. The Morgan fingerprint density at radius 3 is 2.45 bits per heavy atom. The van der Waals surface area contributed by atoms with Gasteiger partial charge in [-0.15, -0.1) is 0 Å². The fourth-order valence-corrected chi connectivity index (χ4v) is 3.29. The Balaban J connectivity index is 1.36. The van der Waals surface area contributed by atoms with E-state index in [2.05, 4.69) is 0 Å². The molecule has 0 bridgehead atoms. The predicted octanol–water partition coefficient (Wildman–Crippen LogP) is 0.773. The van der Waals surface area contributed by atoms with Crippen LogP contribution in [0.4, 0.5) is 0 Å². The number of para-hydroxylation sites is 2. The molecule has 29 heavy (non-hydrogen) atoms. The SMILES string of the molecule is COc1coc(C(=O)N2CCN(C(=O)[C@H]3COc4ccccc4O3)CC2)cc1=O. The van der Waals surface area contributed by atoms with Gasteiger partial charge >= 0.3 is 0 Å². The summed E-state index contributed by atoms with van der Waals surface area (Å²) in [4.78, 5) is 40.4. The van der Waals surface area contributed by atoms with Gasteiger partial charge in [0.1, 0.15) is 12.9 Å². The lowest BCUT2D eigenvalue weighted by atomic mass is 10.2. The molecule has 0 aliphatic carbocycles. The van der Waals surface area contributed by atoms with E-state index in [1.54, 1.807) is 21.9 Å². The number of benzene rings is 1. The van der Waals surface area contributed by atoms with Crippen molar-refractivity contribution in [3.63, 3.8) is 0 Å². The van der Waals surface area contributed by atoms with E-state index in [9.17, 15) is 14.4 Å². The Hall–Kier alpha value is -3.49. The second kappa shape index (κ2) is 7.86. The average molecular weight is 400 g/mol. The number of fused-ring (bicyclic) bond motifs is 1. The summed E-state index contributed by atoms with van der Waals surface area (Å²) in [5.74, 6) is 0.559. The topological polar surface area (TPSA) is 98.5 Å². The summed E-state index contributed by atoms with van der Waals surface area (Å²) in [6.45, 7) is 1.50. The molecule has 0 spiro atoms. The standard InChI is InChI=1S/C20H20N2O7/c1-26-17-11-28-16(10-13(17)23)19(24)21-6-8-22(9-7-21)20(25)18-12-27-14-4-2-3-5-15(14)29-18/h2-5,10-11,18H,6-9,12H2,1H3/t18-/m1/s1. The highest BCUT2D eigenvalue weighted by molar-refractivity contribution is 5.91. The maximum atomic E-state index is 12.8. The Morgan fingerprint density at radius 1 is 1.07 bits per heavy atom. The van der Waals surface area contributed by atoms with Gasteiger partial charge in [0.05, 0.1) is 7.11 Å². The summed E-state index contributed by atoms with van der Waals surface area (Å²) < 4.78 is 21.4. The number of nitrogens with zero attached hydrogens (tertiary/aromatic N) is 2. The first kappa shape index (κ1) is 18.9. The van der Waals surface area contributed by atoms with Crippen LogP contribution in [-0.2, 0) is 4.79 Å². The van der Waals surface area contributed by atoms with Gasteiger partial charge in [0.15, 0.2) is 17.3 Å². The molecule has 2 aromatic rings. The Bertz CT molecular complexity index is 979. The molecule has 2 amide bonds. The number of ether oxygens (including phenoxy) is 3. The molecular formula is C20H20N2O7. The number of carbonyl (C=O) groups excluding carboxylic acids is 2. The molecule has 2 aliphatic heterocycles. The van der Waals surface area contributed by atoms with Crippen molar-refractivity contribution in [2.75, 3.05) is 39.9 Å². The normalized spacial score (nSPS) is 18.3. The maximum Gasteiger partial charge on any atom is 0.289 e. The molecule has 0 unspecified atom stereocenters. The minimum Gasteiger partial charge on any atom is -0.490 e. The summed E-state index contributed by atoms with van der Waals surface area (Å²) in [6, 6.07) is 8.32. The highest BCUT2D eigenvalue weighted by atomic mass is 16.6. The van der Waals surface area contributed by atoms with Gasteiger partial charge in [-0.1, -0.05) is 12.1 Å². The molecule has 1 fully saturated rings. The molecule has 1 atom stereocenters. The Labute approximate surface area is 166 Å². The van der Waals surface area contributed by atoms with Crippen LogP contribution in [0.3, 0.4) is 0 Å². The Kier molecular flexibility index (Phi) is 5.11. The highest BCUT2D eigenvalue weighted by Gasteiger charge is 2.34. The van der Waals surface area contributed by atoms with Crippen LogP contribution in [0.25, 0.3) is 0 Å². The largest absolute Gasteiger partial charge is 0.490 e. The van der Waals surface area contributed by atoms with E-state index >= 15 is 0 Å². The first-order valence-electron chi connectivity index (χ1n) is 9.20. The van der Waals surface area contributed by atoms with Gasteiger partial charge in [0.25, 0.3) is 11.8 Å². The number of hydrogen-bond donors (Lipinski definition) is 0. The number of amides is 2. The van der Waals surface area contributed by atoms with Crippen molar-refractivity contribution in [2.24, 2.45) is 0 Å². The number of rotatable bonds is 3. The molecule has 1 saturated heterocycles. The molecule has 1 aromatic carbocycles. The zero-order valence-corrected chi connectivity index (χ0v) is 15.8. The smallest absolute Gasteiger partial charge is 0.289 e. The number of hydrogen-bond acceptors (Lipinski definition) is 7. The lowest BCUT2D eigenvalue weighted by Gasteiger charge is -2.36. The zero-order valence-electron chi connectivity index (χ0n) is 15.8. The first-order valence-corrected chi connectivity index (χ1v) is 9.20. The maximum absolute atomic E-state index is 12.8. The number of methoxy groups -OCH3 is 1. The molecular weight excluding hydrogens is 380 g/mol. The lowest BCUT2D eigenvalue weighted by Crippen LogP contribution is -2.55. The van der Waals surface area contributed by atoms with Gasteiger partial charge in [-0.3, -0.25) is 14.4 Å². The van der Waals surface area contributed by atoms with Crippen LogP contribution >= 0.6 is 0 Å². The van der Waals surface area contributed by atoms with E-state index in [1.165, 1.54) is 7.11 Å². The molecule has 1 aromatic heterocycles. The molecule has 0 N–H and O–H groups in total. The molecule has 9 nitrogen and oxygen atoms in total. The van der Waals surface area contributed by atoms with E-state index in [1.807, 2.05) is 12.1 Å². The van der Waals surface area contributed by atoms with Crippen molar-refractivity contribution in [3.05, 3.63) is 52.6 Å². The summed E-state index contributed by atoms with van der Waals surface area (Å²) in [5.41, 5.74) is -0.425. The summed E-state index contributed by atoms with van der Waals surface area (Å²) in [5, 5.41) is 0. The van der Waals surface area contributed by atoms with Crippen LogP contribution in [0.5, 0.6) is 17.2 Å². The van der Waals surface area contributed by atoms with E-state index in [4.69, 9.17) is 18.6 Å². The summed E-state index contributed by atoms with van der Waals surface area (Å²) >= 11 is 0. The minimum atomic E-state index is -0.716. The van der Waals surface area contributed by atoms with Gasteiger partial charge in [0, 0.05) is 32.2 Å². The predicted molar refractivity (Wildman–Crippen MR) is 100 cm³/mol. The quantitative estimate of drug-likeness (QED) is 0.751. The van der Waals surface area contributed by atoms with Crippen LogP contribution in [-0.4, -0.2) is 67.6 Å². The summed E-state index contributed by atoms with van der Waals surface area (Å²) in [7, 11) is 1.35. The van der Waals surface area contributed by atoms with Gasteiger partial charge in [-0.25, -0.2) is 0 Å². The van der Waals surface area contributed by atoms with Crippen molar-refractivity contribution >= 4 is 11.8 Å². The molecule has 0 saturated carbocycles. The first-order chi connectivity index (χ1) is 14.1. The van der Waals surface area contributed by atoms with E-state index in [-0.39, 0.29) is 24.0 Å². The Morgan fingerprint density at radius 2 is 1.76 bits per heavy atom. The van der Waals surface area contributed by atoms with Crippen LogP contribution in [0, 0.1) is 0 Å². The number of carbonyl (C=O) groups is 2. The number of piperazine rings is 1. The van der Waals surface area contributed by atoms with Crippen molar-refractivity contribution in [2.45, 2.75) is 6.10 Å². The van der Waals surface area contributed by atoms with Gasteiger partial charge < -0.3 is 28.4 Å². The fourth-order valence-electron chi connectivity index (χ4n) is 3.29. The third-order valence-electron chi connectivity index (χ3n) is 4.89.